The van der Waals surface area contributed by atoms with E-state index in [1.807, 2.05) is 30.3 Å². The molecule has 0 radical (unpaired) electrons. The van der Waals surface area contributed by atoms with E-state index >= 15 is 0 Å². The monoisotopic (exact) mass is 477 g/mol. The summed E-state index contributed by atoms with van der Waals surface area (Å²) in [7, 11) is 4.88. The predicted octanol–water partition coefficient (Wildman–Crippen LogP) is 4.76. The number of fused-ring (bicyclic) bond motifs is 2. The summed E-state index contributed by atoms with van der Waals surface area (Å²) < 4.78 is 34.7. The number of benzene rings is 3. The number of ether oxygens (including phenoxy) is 6. The molecule has 0 saturated heterocycles. The van der Waals surface area contributed by atoms with Gasteiger partial charge >= 0.3 is 0 Å². The Labute approximate surface area is 205 Å². The molecule has 0 unspecified atom stereocenters. The quantitative estimate of drug-likeness (QED) is 0.502. The molecule has 2 aliphatic heterocycles. The van der Waals surface area contributed by atoms with Crippen molar-refractivity contribution in [3.8, 4) is 34.5 Å². The Morgan fingerprint density at radius 1 is 0.857 bits per heavy atom. The molecule has 0 amide bonds. The van der Waals surface area contributed by atoms with Gasteiger partial charge in [-0.05, 0) is 35.7 Å². The summed E-state index contributed by atoms with van der Waals surface area (Å²) >= 11 is 0. The van der Waals surface area contributed by atoms with E-state index in [0.29, 0.717) is 23.0 Å². The van der Waals surface area contributed by atoms with Crippen molar-refractivity contribution in [3.63, 3.8) is 0 Å². The molecule has 7 heteroatoms. The second-order valence-corrected chi connectivity index (χ2v) is 8.77. The fraction of sp³-hybridized carbons (Fsp3) is 0.357. The number of hydrogen-bond donors (Lipinski definition) is 1. The largest absolute Gasteiger partial charge is 0.493 e. The molecule has 3 aromatic carbocycles. The maximum atomic E-state index is 6.48. The molecule has 35 heavy (non-hydrogen) atoms. The number of hydrogen-bond acceptors (Lipinski definition) is 7. The predicted molar refractivity (Wildman–Crippen MR) is 132 cm³/mol. The van der Waals surface area contributed by atoms with Crippen molar-refractivity contribution >= 4 is 0 Å². The van der Waals surface area contributed by atoms with Crippen molar-refractivity contribution < 1.29 is 28.4 Å². The Kier molecular flexibility index (Phi) is 6.59. The molecule has 0 bridgehead atoms. The average molecular weight is 478 g/mol. The molecule has 5 rings (SSSR count). The third-order valence-corrected chi connectivity index (χ3v) is 6.75. The van der Waals surface area contributed by atoms with Gasteiger partial charge in [-0.1, -0.05) is 37.3 Å². The highest BCUT2D eigenvalue weighted by atomic mass is 16.7. The maximum Gasteiger partial charge on any atom is 0.231 e. The lowest BCUT2D eigenvalue weighted by atomic mass is 9.78. The molecule has 7 nitrogen and oxygen atoms in total. The van der Waals surface area contributed by atoms with Crippen LogP contribution in [0.2, 0.25) is 0 Å². The van der Waals surface area contributed by atoms with Crippen LogP contribution in [-0.2, 0) is 6.42 Å². The van der Waals surface area contributed by atoms with Crippen LogP contribution >= 0.6 is 0 Å². The fourth-order valence-electron chi connectivity index (χ4n) is 4.98. The number of rotatable bonds is 8. The van der Waals surface area contributed by atoms with Crippen molar-refractivity contribution in [2.45, 2.75) is 25.5 Å². The molecular weight excluding hydrogens is 446 g/mol. The highest BCUT2D eigenvalue weighted by Crippen LogP contribution is 2.51. The zero-order valence-corrected chi connectivity index (χ0v) is 20.5. The molecule has 0 saturated carbocycles. The van der Waals surface area contributed by atoms with Crippen LogP contribution in [0.3, 0.4) is 0 Å². The summed E-state index contributed by atoms with van der Waals surface area (Å²) in [4.78, 5) is 0. The number of nitrogens with one attached hydrogen (secondary N) is 1. The molecule has 0 spiro atoms. The van der Waals surface area contributed by atoms with Crippen LogP contribution < -0.4 is 33.7 Å². The van der Waals surface area contributed by atoms with Crippen LogP contribution in [0.5, 0.6) is 34.5 Å². The van der Waals surface area contributed by atoms with Crippen LogP contribution in [0.1, 0.15) is 29.5 Å². The lowest BCUT2D eigenvalue weighted by Gasteiger charge is -2.39. The van der Waals surface area contributed by atoms with Crippen LogP contribution in [0.25, 0.3) is 0 Å². The summed E-state index contributed by atoms with van der Waals surface area (Å²) in [5.41, 5.74) is 3.37. The molecule has 0 aliphatic carbocycles. The third-order valence-electron chi connectivity index (χ3n) is 6.75. The van der Waals surface area contributed by atoms with Gasteiger partial charge in [0.1, 0.15) is 5.75 Å². The van der Waals surface area contributed by atoms with Crippen molar-refractivity contribution in [2.75, 3.05) is 34.7 Å². The second kappa shape index (κ2) is 9.96. The zero-order valence-electron chi connectivity index (χ0n) is 20.5. The normalized spacial score (nSPS) is 20.1. The standard InChI is InChI=1S/C28H31NO6/c1-17-26(19-12-24(30-2)27(32-4)25(13-19)31-3)20-14-22-23(34-16-33-22)15-21(20)35-28(17)29-11-10-18-8-6-5-7-9-18/h5-9,12-15,17,26,28-29H,10-11,16H2,1-4H3/t17-,26-,28+/m1/s1. The Bertz CT molecular complexity index is 1160. The molecule has 3 atom stereocenters. The molecule has 2 aliphatic rings. The lowest BCUT2D eigenvalue weighted by Crippen LogP contribution is -2.46. The lowest BCUT2D eigenvalue weighted by molar-refractivity contribution is 0.0797. The highest BCUT2D eigenvalue weighted by molar-refractivity contribution is 5.60. The van der Waals surface area contributed by atoms with Crippen molar-refractivity contribution in [1.82, 2.24) is 5.32 Å². The van der Waals surface area contributed by atoms with E-state index in [1.54, 1.807) is 21.3 Å². The Balaban J connectivity index is 1.51. The van der Waals surface area contributed by atoms with Gasteiger partial charge in [0.05, 0.1) is 21.3 Å². The van der Waals surface area contributed by atoms with Gasteiger partial charge in [-0.3, -0.25) is 5.32 Å². The minimum Gasteiger partial charge on any atom is -0.493 e. The minimum absolute atomic E-state index is 0.00354. The first-order valence-corrected chi connectivity index (χ1v) is 11.8. The summed E-state index contributed by atoms with van der Waals surface area (Å²) in [5, 5.41) is 3.63. The smallest absolute Gasteiger partial charge is 0.231 e. The van der Waals surface area contributed by atoms with Gasteiger partial charge in [0.15, 0.2) is 29.2 Å². The molecule has 2 heterocycles. The van der Waals surface area contributed by atoms with Crippen molar-refractivity contribution in [3.05, 3.63) is 71.3 Å². The van der Waals surface area contributed by atoms with E-state index in [4.69, 9.17) is 28.4 Å². The van der Waals surface area contributed by atoms with Crippen LogP contribution in [0, 0.1) is 5.92 Å². The van der Waals surface area contributed by atoms with Gasteiger partial charge in [-0.25, -0.2) is 0 Å². The zero-order chi connectivity index (χ0) is 24.4. The molecule has 184 valence electrons. The molecule has 1 N–H and O–H groups in total. The van der Waals surface area contributed by atoms with Gasteiger partial charge in [0.2, 0.25) is 12.5 Å². The van der Waals surface area contributed by atoms with E-state index in [9.17, 15) is 0 Å². The molecule has 3 aromatic rings. The molecular formula is C28H31NO6. The van der Waals surface area contributed by atoms with Gasteiger partial charge in [0, 0.05) is 30.0 Å². The SMILES string of the molecule is COc1cc([C@@H]2c3cc4c(cc3O[C@H](NCCc3ccccc3)[C@@H]2C)OCO4)cc(OC)c1OC. The fourth-order valence-corrected chi connectivity index (χ4v) is 4.98. The topological polar surface area (TPSA) is 67.4 Å². The van der Waals surface area contributed by atoms with Crippen molar-refractivity contribution in [1.29, 1.82) is 0 Å². The van der Waals surface area contributed by atoms with Gasteiger partial charge in [-0.15, -0.1) is 0 Å². The Hall–Kier alpha value is -3.58. The Morgan fingerprint density at radius 2 is 1.54 bits per heavy atom. The summed E-state index contributed by atoms with van der Waals surface area (Å²) in [6.07, 6.45) is 0.715. The highest BCUT2D eigenvalue weighted by Gasteiger charge is 2.38. The van der Waals surface area contributed by atoms with Gasteiger partial charge < -0.3 is 28.4 Å². The van der Waals surface area contributed by atoms with Crippen LogP contribution in [0.4, 0.5) is 0 Å². The van der Waals surface area contributed by atoms with Gasteiger partial charge in [-0.2, -0.15) is 0 Å². The summed E-state index contributed by atoms with van der Waals surface area (Å²) in [5.74, 6) is 4.12. The van der Waals surface area contributed by atoms with E-state index in [0.717, 1.165) is 35.6 Å². The van der Waals surface area contributed by atoms with Gasteiger partial charge in [0.25, 0.3) is 0 Å². The first-order valence-electron chi connectivity index (χ1n) is 11.8. The molecule has 0 fully saturated rings. The van der Waals surface area contributed by atoms with Crippen LogP contribution in [-0.4, -0.2) is 40.9 Å². The Morgan fingerprint density at radius 3 is 2.20 bits per heavy atom. The first kappa shape index (κ1) is 23.2. The average Bonchev–Trinajstić information content (AvgIpc) is 3.35. The minimum atomic E-state index is -0.198. The summed E-state index contributed by atoms with van der Waals surface area (Å²) in [6.45, 7) is 3.20. The van der Waals surface area contributed by atoms with Crippen LogP contribution in [0.15, 0.2) is 54.6 Å². The first-order chi connectivity index (χ1) is 17.1. The van der Waals surface area contributed by atoms with E-state index in [2.05, 4.69) is 36.5 Å². The maximum absolute atomic E-state index is 6.48. The molecule has 0 aromatic heterocycles. The van der Waals surface area contributed by atoms with E-state index in [1.165, 1.54) is 5.56 Å². The van der Waals surface area contributed by atoms with E-state index < -0.39 is 0 Å². The van der Waals surface area contributed by atoms with Crippen molar-refractivity contribution in [2.24, 2.45) is 5.92 Å². The second-order valence-electron chi connectivity index (χ2n) is 8.77. The van der Waals surface area contributed by atoms with E-state index in [-0.39, 0.29) is 24.9 Å². The summed E-state index contributed by atoms with van der Waals surface area (Å²) in [6, 6.07) is 18.4. The number of methoxy groups -OCH3 is 3. The third kappa shape index (κ3) is 4.44.